The first-order valence-corrected chi connectivity index (χ1v) is 8.56. The van der Waals surface area contributed by atoms with Gasteiger partial charge in [-0.1, -0.05) is 17.3 Å². The van der Waals surface area contributed by atoms with Crippen LogP contribution in [0.1, 0.15) is 26.5 Å². The Balaban J connectivity index is 1.59. The van der Waals surface area contributed by atoms with Crippen LogP contribution in [0.25, 0.3) is 10.2 Å². The Labute approximate surface area is 151 Å². The van der Waals surface area contributed by atoms with E-state index in [0.29, 0.717) is 28.4 Å². The molecule has 0 radical (unpaired) electrons. The molecule has 1 aromatic carbocycles. The van der Waals surface area contributed by atoms with Gasteiger partial charge in [0, 0.05) is 0 Å². The SMILES string of the molecule is Cc1oncc1C(=O)Nc1ccccc1C(=O)Nc1[nH]nc2sccc12. The number of thiophene rings is 1. The Kier molecular flexibility index (Phi) is 3.98. The van der Waals surface area contributed by atoms with Gasteiger partial charge in [0.15, 0.2) is 0 Å². The predicted molar refractivity (Wildman–Crippen MR) is 97.6 cm³/mol. The monoisotopic (exact) mass is 367 g/mol. The van der Waals surface area contributed by atoms with Gasteiger partial charge in [-0.25, -0.2) is 0 Å². The molecular formula is C17H13N5O3S. The molecule has 0 aliphatic rings. The molecule has 0 aliphatic carbocycles. The second-order valence-corrected chi connectivity index (χ2v) is 6.38. The summed E-state index contributed by atoms with van der Waals surface area (Å²) in [6.07, 6.45) is 1.34. The highest BCUT2D eigenvalue weighted by atomic mass is 32.1. The molecule has 0 atom stereocenters. The lowest BCUT2D eigenvalue weighted by Gasteiger charge is -2.10. The van der Waals surface area contributed by atoms with Crippen LogP contribution in [0.3, 0.4) is 0 Å². The van der Waals surface area contributed by atoms with E-state index in [0.717, 1.165) is 10.2 Å². The highest BCUT2D eigenvalue weighted by molar-refractivity contribution is 7.16. The Hall–Kier alpha value is -3.46. The fraction of sp³-hybridized carbons (Fsp3) is 0.0588. The number of carbonyl (C=O) groups is 2. The molecule has 0 saturated heterocycles. The zero-order valence-electron chi connectivity index (χ0n) is 13.6. The molecule has 3 aromatic heterocycles. The van der Waals surface area contributed by atoms with Crippen molar-refractivity contribution in [3.05, 3.63) is 58.8 Å². The number of aromatic nitrogens is 3. The fourth-order valence-corrected chi connectivity index (χ4v) is 3.25. The maximum absolute atomic E-state index is 12.7. The van der Waals surface area contributed by atoms with Crippen molar-refractivity contribution in [3.8, 4) is 0 Å². The van der Waals surface area contributed by atoms with Gasteiger partial charge in [-0.2, -0.15) is 5.10 Å². The van der Waals surface area contributed by atoms with Crippen molar-refractivity contribution in [2.75, 3.05) is 10.6 Å². The summed E-state index contributed by atoms with van der Waals surface area (Å²) in [5, 5.41) is 18.8. The summed E-state index contributed by atoms with van der Waals surface area (Å²) in [6.45, 7) is 1.64. The predicted octanol–water partition coefficient (Wildman–Crippen LogP) is 3.43. The zero-order valence-corrected chi connectivity index (χ0v) is 14.4. The molecular weight excluding hydrogens is 354 g/mol. The molecule has 0 aliphatic heterocycles. The van der Waals surface area contributed by atoms with E-state index in [-0.39, 0.29) is 5.91 Å². The van der Waals surface area contributed by atoms with Crippen molar-refractivity contribution in [1.29, 1.82) is 0 Å². The Morgan fingerprint density at radius 2 is 1.92 bits per heavy atom. The summed E-state index contributed by atoms with van der Waals surface area (Å²) in [4.78, 5) is 25.9. The lowest BCUT2D eigenvalue weighted by Crippen LogP contribution is -2.18. The molecule has 3 heterocycles. The number of rotatable bonds is 4. The van der Waals surface area contributed by atoms with Crippen LogP contribution in [-0.2, 0) is 0 Å². The quantitative estimate of drug-likeness (QED) is 0.511. The second kappa shape index (κ2) is 6.45. The molecule has 3 N–H and O–H groups in total. The smallest absolute Gasteiger partial charge is 0.260 e. The topological polar surface area (TPSA) is 113 Å². The number of anilines is 2. The number of aryl methyl sites for hydroxylation is 1. The van der Waals surface area contributed by atoms with Crippen molar-refractivity contribution < 1.29 is 14.1 Å². The lowest BCUT2D eigenvalue weighted by atomic mass is 10.1. The van der Waals surface area contributed by atoms with Crippen molar-refractivity contribution in [2.24, 2.45) is 0 Å². The summed E-state index contributed by atoms with van der Waals surface area (Å²) in [5.74, 6) is 0.162. The molecule has 4 aromatic rings. The zero-order chi connectivity index (χ0) is 18.1. The van der Waals surface area contributed by atoms with Crippen LogP contribution in [0.4, 0.5) is 11.5 Å². The highest BCUT2D eigenvalue weighted by Gasteiger charge is 2.18. The summed E-state index contributed by atoms with van der Waals surface area (Å²) < 4.78 is 4.90. The third-order valence-electron chi connectivity index (χ3n) is 3.84. The maximum Gasteiger partial charge on any atom is 0.260 e. The molecule has 26 heavy (non-hydrogen) atoms. The molecule has 4 rings (SSSR count). The standard InChI is InChI=1S/C17H13N5O3S/c1-9-12(8-18-25-9)16(24)19-13-5-3-2-4-10(13)15(23)20-14-11-6-7-26-17(11)22-21-14/h2-8H,1H3,(H,19,24)(H2,20,21,22,23). The fourth-order valence-electron chi connectivity index (χ4n) is 2.52. The van der Waals surface area contributed by atoms with E-state index >= 15 is 0 Å². The number of nitrogens with zero attached hydrogens (tertiary/aromatic N) is 2. The third kappa shape index (κ3) is 2.84. The number of para-hydroxylation sites is 1. The molecule has 0 fully saturated rings. The van der Waals surface area contributed by atoms with Crippen molar-refractivity contribution >= 4 is 44.9 Å². The van der Waals surface area contributed by atoms with Gasteiger partial charge in [0.05, 0.1) is 22.8 Å². The molecule has 0 spiro atoms. The number of hydrogen-bond donors (Lipinski definition) is 3. The number of H-pyrrole nitrogens is 1. The highest BCUT2D eigenvalue weighted by Crippen LogP contribution is 2.26. The first kappa shape index (κ1) is 16.0. The normalized spacial score (nSPS) is 10.8. The lowest BCUT2D eigenvalue weighted by molar-refractivity contribution is 0.102. The number of carbonyl (C=O) groups excluding carboxylic acids is 2. The maximum atomic E-state index is 12.7. The summed E-state index contributed by atoms with van der Waals surface area (Å²) in [6, 6.07) is 8.62. The van der Waals surface area contributed by atoms with Gasteiger partial charge in [-0.3, -0.25) is 14.7 Å². The van der Waals surface area contributed by atoms with Gasteiger partial charge in [0.2, 0.25) is 0 Å². The van der Waals surface area contributed by atoms with E-state index in [1.807, 2.05) is 11.4 Å². The number of nitrogens with one attached hydrogen (secondary N) is 3. The molecule has 130 valence electrons. The Morgan fingerprint density at radius 3 is 2.73 bits per heavy atom. The number of aromatic amines is 1. The minimum atomic E-state index is -0.397. The number of benzene rings is 1. The van der Waals surface area contributed by atoms with E-state index in [1.165, 1.54) is 17.5 Å². The minimum Gasteiger partial charge on any atom is -0.361 e. The number of hydrogen-bond acceptors (Lipinski definition) is 6. The van der Waals surface area contributed by atoms with Crippen molar-refractivity contribution in [3.63, 3.8) is 0 Å². The molecule has 8 nitrogen and oxygen atoms in total. The van der Waals surface area contributed by atoms with Crippen LogP contribution >= 0.6 is 11.3 Å². The summed E-state index contributed by atoms with van der Waals surface area (Å²) >= 11 is 1.48. The van der Waals surface area contributed by atoms with Gasteiger partial charge in [0.25, 0.3) is 11.8 Å². The van der Waals surface area contributed by atoms with Crippen molar-refractivity contribution in [2.45, 2.75) is 6.92 Å². The van der Waals surface area contributed by atoms with E-state index in [2.05, 4.69) is 26.0 Å². The van der Waals surface area contributed by atoms with E-state index in [9.17, 15) is 9.59 Å². The molecule has 9 heteroatoms. The van der Waals surface area contributed by atoms with E-state index in [4.69, 9.17) is 4.52 Å². The number of fused-ring (bicyclic) bond motifs is 1. The van der Waals surface area contributed by atoms with Crippen LogP contribution in [-0.4, -0.2) is 27.2 Å². The van der Waals surface area contributed by atoms with E-state index < -0.39 is 5.91 Å². The van der Waals surface area contributed by atoms with Gasteiger partial charge >= 0.3 is 0 Å². The Bertz CT molecular complexity index is 1110. The third-order valence-corrected chi connectivity index (χ3v) is 4.64. The van der Waals surface area contributed by atoms with Crippen LogP contribution in [0, 0.1) is 6.92 Å². The molecule has 0 unspecified atom stereocenters. The molecule has 0 saturated carbocycles. The summed E-state index contributed by atoms with van der Waals surface area (Å²) in [7, 11) is 0. The van der Waals surface area contributed by atoms with E-state index in [1.54, 1.807) is 31.2 Å². The van der Waals surface area contributed by atoms with Crippen molar-refractivity contribution in [1.82, 2.24) is 15.4 Å². The van der Waals surface area contributed by atoms with Gasteiger partial charge < -0.3 is 15.2 Å². The van der Waals surface area contributed by atoms with Gasteiger partial charge in [-0.05, 0) is 30.5 Å². The van der Waals surface area contributed by atoms with Crippen LogP contribution in [0.2, 0.25) is 0 Å². The first-order chi connectivity index (χ1) is 12.6. The van der Waals surface area contributed by atoms with Crippen LogP contribution < -0.4 is 10.6 Å². The largest absolute Gasteiger partial charge is 0.361 e. The Morgan fingerprint density at radius 1 is 1.12 bits per heavy atom. The van der Waals surface area contributed by atoms with Crippen LogP contribution in [0.5, 0.6) is 0 Å². The minimum absolute atomic E-state index is 0.314. The second-order valence-electron chi connectivity index (χ2n) is 5.49. The molecule has 2 amide bonds. The first-order valence-electron chi connectivity index (χ1n) is 7.68. The molecule has 0 bridgehead atoms. The van der Waals surface area contributed by atoms with Crippen LogP contribution in [0.15, 0.2) is 46.4 Å². The van der Waals surface area contributed by atoms with Gasteiger partial charge in [-0.15, -0.1) is 11.3 Å². The summed E-state index contributed by atoms with van der Waals surface area (Å²) in [5.41, 5.74) is 1.03. The number of amides is 2. The average Bonchev–Trinajstić information content (AvgIpc) is 3.34. The average molecular weight is 367 g/mol. The van der Waals surface area contributed by atoms with Gasteiger partial charge in [0.1, 0.15) is 22.0 Å².